The molecule has 0 saturated heterocycles. The van der Waals surface area contributed by atoms with Crippen molar-refractivity contribution >= 4 is 0 Å². The Balaban J connectivity index is 2.03. The predicted octanol–water partition coefficient (Wildman–Crippen LogP) is 4.45. The van der Waals surface area contributed by atoms with Gasteiger partial charge in [-0.1, -0.05) is 30.3 Å². The van der Waals surface area contributed by atoms with Crippen LogP contribution in [0.15, 0.2) is 47.7 Å². The van der Waals surface area contributed by atoms with Crippen LogP contribution in [0.4, 0.5) is 0 Å². The lowest BCUT2D eigenvalue weighted by Crippen LogP contribution is -2.05. The molecule has 78 valence electrons. The van der Waals surface area contributed by atoms with Crippen LogP contribution in [0.25, 0.3) is 0 Å². The molecule has 1 aliphatic rings. The van der Waals surface area contributed by atoms with E-state index >= 15 is 0 Å². The Kier molecular flexibility index (Phi) is 3.42. The van der Waals surface area contributed by atoms with Gasteiger partial charge in [-0.2, -0.15) is 0 Å². The molecule has 0 heteroatoms. The highest BCUT2D eigenvalue weighted by molar-refractivity contribution is 5.21. The van der Waals surface area contributed by atoms with E-state index in [0.29, 0.717) is 0 Å². The molecular weight excluding hydrogens is 180 g/mol. The quantitative estimate of drug-likeness (QED) is 0.585. The van der Waals surface area contributed by atoms with E-state index in [1.165, 1.54) is 36.8 Å². The lowest BCUT2D eigenvalue weighted by atomic mass is 9.82. The van der Waals surface area contributed by atoms with Crippen molar-refractivity contribution in [1.29, 1.82) is 0 Å². The van der Waals surface area contributed by atoms with Crippen LogP contribution in [0.2, 0.25) is 0 Å². The maximum Gasteiger partial charge on any atom is -0.0155 e. The van der Waals surface area contributed by atoms with Crippen LogP contribution in [-0.2, 0) is 0 Å². The van der Waals surface area contributed by atoms with Crippen LogP contribution in [0.5, 0.6) is 0 Å². The van der Waals surface area contributed by atoms with E-state index in [9.17, 15) is 0 Å². The Morgan fingerprint density at radius 1 is 1.13 bits per heavy atom. The minimum Gasteiger partial charge on any atom is -0.126 e. The molecular formula is C15H18. The molecule has 0 bridgehead atoms. The molecule has 0 nitrogen and oxygen atoms in total. The molecule has 0 amide bonds. The van der Waals surface area contributed by atoms with Crippen LogP contribution in [0.1, 0.15) is 44.1 Å². The molecule has 0 N–H and O–H groups in total. The third-order valence-electron chi connectivity index (χ3n) is 3.21. The third kappa shape index (κ3) is 2.61. The van der Waals surface area contributed by atoms with Gasteiger partial charge in [0, 0.05) is 0 Å². The molecule has 0 aliphatic heterocycles. The van der Waals surface area contributed by atoms with Crippen molar-refractivity contribution in [3.05, 3.63) is 53.3 Å². The molecule has 15 heavy (non-hydrogen) atoms. The fraction of sp³-hybridized carbons (Fsp3) is 0.400. The van der Waals surface area contributed by atoms with Gasteiger partial charge in [-0.15, -0.1) is 5.73 Å². The highest BCUT2D eigenvalue weighted by Gasteiger charge is 2.17. The van der Waals surface area contributed by atoms with Crippen molar-refractivity contribution in [3.8, 4) is 0 Å². The first-order valence-electron chi connectivity index (χ1n) is 5.84. The maximum atomic E-state index is 3.35. The fourth-order valence-electron chi connectivity index (χ4n) is 2.37. The molecule has 0 aromatic heterocycles. The van der Waals surface area contributed by atoms with Gasteiger partial charge in [0.2, 0.25) is 0 Å². The highest BCUT2D eigenvalue weighted by Crippen LogP contribution is 2.34. The summed E-state index contributed by atoms with van der Waals surface area (Å²) in [6.45, 7) is 2.05. The highest BCUT2D eigenvalue weighted by atomic mass is 14.2. The predicted molar refractivity (Wildman–Crippen MR) is 64.9 cm³/mol. The van der Waals surface area contributed by atoms with Crippen LogP contribution in [-0.4, -0.2) is 0 Å². The Morgan fingerprint density at radius 3 is 2.40 bits per heavy atom. The average molecular weight is 198 g/mol. The maximum absolute atomic E-state index is 3.35. The first-order chi connectivity index (χ1) is 7.40. The van der Waals surface area contributed by atoms with Crippen LogP contribution < -0.4 is 0 Å². The summed E-state index contributed by atoms with van der Waals surface area (Å²) in [4.78, 5) is 0. The Bertz CT molecular complexity index is 356. The third-order valence-corrected chi connectivity index (χ3v) is 3.21. The van der Waals surface area contributed by atoms with Crippen molar-refractivity contribution in [2.75, 3.05) is 0 Å². The summed E-state index contributed by atoms with van der Waals surface area (Å²) in [5.74, 6) is 0.772. The number of hydrogen-bond acceptors (Lipinski definition) is 0. The average Bonchev–Trinajstić information content (AvgIpc) is 2.32. The monoisotopic (exact) mass is 198 g/mol. The van der Waals surface area contributed by atoms with Gasteiger partial charge < -0.3 is 0 Å². The molecule has 0 spiro atoms. The zero-order chi connectivity index (χ0) is 10.5. The Hall–Kier alpha value is -1.26. The zero-order valence-electron chi connectivity index (χ0n) is 9.37. The minimum absolute atomic E-state index is 0.772. The lowest BCUT2D eigenvalue weighted by molar-refractivity contribution is 0.517. The van der Waals surface area contributed by atoms with E-state index in [1.54, 1.807) is 0 Å². The van der Waals surface area contributed by atoms with Gasteiger partial charge in [0.25, 0.3) is 0 Å². The zero-order valence-corrected chi connectivity index (χ0v) is 9.37. The van der Waals surface area contributed by atoms with E-state index < -0.39 is 0 Å². The molecule has 1 fully saturated rings. The lowest BCUT2D eigenvalue weighted by Gasteiger charge is -2.23. The van der Waals surface area contributed by atoms with Crippen LogP contribution in [0.3, 0.4) is 0 Å². The van der Waals surface area contributed by atoms with Gasteiger partial charge >= 0.3 is 0 Å². The SMILES string of the molecule is CC=C=C1CCC(c2ccccc2)CC1. The van der Waals surface area contributed by atoms with Gasteiger partial charge in [-0.3, -0.25) is 0 Å². The van der Waals surface area contributed by atoms with Gasteiger partial charge in [-0.05, 0) is 55.7 Å². The number of allylic oxidation sites excluding steroid dienone is 1. The topological polar surface area (TPSA) is 0 Å². The van der Waals surface area contributed by atoms with E-state index in [1.807, 2.05) is 6.08 Å². The molecule has 1 aliphatic carbocycles. The van der Waals surface area contributed by atoms with Crippen LogP contribution in [0, 0.1) is 0 Å². The van der Waals surface area contributed by atoms with Gasteiger partial charge in [0.05, 0.1) is 0 Å². The summed E-state index contributed by atoms with van der Waals surface area (Å²) in [6, 6.07) is 10.9. The summed E-state index contributed by atoms with van der Waals surface area (Å²) >= 11 is 0. The van der Waals surface area contributed by atoms with Crippen molar-refractivity contribution in [2.24, 2.45) is 0 Å². The standard InChI is InChI=1S/C15H18/c1-2-6-13-9-11-15(12-10-13)14-7-4-3-5-8-14/h2-5,7-8,15H,9-12H2,1H3. The molecule has 2 rings (SSSR count). The minimum atomic E-state index is 0.772. The van der Waals surface area contributed by atoms with Gasteiger partial charge in [-0.25, -0.2) is 0 Å². The van der Waals surface area contributed by atoms with Crippen LogP contribution >= 0.6 is 0 Å². The first-order valence-corrected chi connectivity index (χ1v) is 5.84. The second kappa shape index (κ2) is 5.00. The molecule has 1 aromatic carbocycles. The normalized spacial score (nSPS) is 20.9. The first kappa shape index (κ1) is 10.3. The number of benzene rings is 1. The summed E-state index contributed by atoms with van der Waals surface area (Å²) < 4.78 is 0. The molecule has 0 unspecified atom stereocenters. The van der Waals surface area contributed by atoms with Gasteiger partial charge in [0.15, 0.2) is 0 Å². The van der Waals surface area contributed by atoms with E-state index in [-0.39, 0.29) is 0 Å². The van der Waals surface area contributed by atoms with Crippen molar-refractivity contribution in [1.82, 2.24) is 0 Å². The summed E-state index contributed by atoms with van der Waals surface area (Å²) in [7, 11) is 0. The van der Waals surface area contributed by atoms with E-state index in [4.69, 9.17) is 0 Å². The van der Waals surface area contributed by atoms with Gasteiger partial charge in [0.1, 0.15) is 0 Å². The molecule has 1 aromatic rings. The molecule has 1 saturated carbocycles. The molecule has 0 atom stereocenters. The summed E-state index contributed by atoms with van der Waals surface area (Å²) in [5, 5.41) is 0. The summed E-state index contributed by atoms with van der Waals surface area (Å²) in [6.07, 6.45) is 7.08. The second-order valence-corrected chi connectivity index (χ2v) is 4.22. The summed E-state index contributed by atoms with van der Waals surface area (Å²) in [5.41, 5.74) is 6.36. The van der Waals surface area contributed by atoms with Crippen molar-refractivity contribution in [3.63, 3.8) is 0 Å². The second-order valence-electron chi connectivity index (χ2n) is 4.22. The van der Waals surface area contributed by atoms with E-state index in [2.05, 4.69) is 43.0 Å². The Labute approximate surface area is 92.3 Å². The number of rotatable bonds is 1. The smallest absolute Gasteiger partial charge is 0.0155 e. The molecule has 0 radical (unpaired) electrons. The molecule has 0 heterocycles. The largest absolute Gasteiger partial charge is 0.126 e. The number of hydrogen-bond donors (Lipinski definition) is 0. The fourth-order valence-corrected chi connectivity index (χ4v) is 2.37. The van der Waals surface area contributed by atoms with Crippen molar-refractivity contribution in [2.45, 2.75) is 38.5 Å². The Morgan fingerprint density at radius 2 is 1.80 bits per heavy atom. The van der Waals surface area contributed by atoms with E-state index in [0.717, 1.165) is 5.92 Å². The van der Waals surface area contributed by atoms with Crippen molar-refractivity contribution < 1.29 is 0 Å².